The fourth-order valence-electron chi connectivity index (χ4n) is 1.15. The van der Waals surface area contributed by atoms with Crippen molar-refractivity contribution in [3.05, 3.63) is 34.9 Å². The summed E-state index contributed by atoms with van der Waals surface area (Å²) in [5.74, 6) is 0. The molecule has 0 N–H and O–H groups in total. The van der Waals surface area contributed by atoms with Crippen LogP contribution in [0.15, 0.2) is 34.9 Å². The predicted octanol–water partition coefficient (Wildman–Crippen LogP) is 3.10. The lowest BCUT2D eigenvalue weighted by Gasteiger charge is -1.97. The lowest BCUT2D eigenvalue weighted by atomic mass is 10.2. The highest BCUT2D eigenvalue weighted by Gasteiger charge is 2.10. The molecule has 0 saturated heterocycles. The molecule has 0 radical (unpaired) electrons. The number of benzene rings is 1. The number of rotatable bonds is 2. The predicted molar refractivity (Wildman–Crippen MR) is 54.4 cm³/mol. The Balaban J connectivity index is 2.37. The Morgan fingerprint density at radius 2 is 2.13 bits per heavy atom. The van der Waals surface area contributed by atoms with Gasteiger partial charge in [-0.05, 0) is 12.1 Å². The highest BCUT2D eigenvalue weighted by molar-refractivity contribution is 9.10. The van der Waals surface area contributed by atoms with Crippen LogP contribution in [-0.4, -0.2) is 15.0 Å². The van der Waals surface area contributed by atoms with Gasteiger partial charge in [0.1, 0.15) is 5.69 Å². The minimum absolute atomic E-state index is 0.385. The number of halogens is 3. The first-order valence-corrected chi connectivity index (χ1v) is 4.92. The summed E-state index contributed by atoms with van der Waals surface area (Å²) in [6, 6.07) is 7.23. The third-order valence-electron chi connectivity index (χ3n) is 1.80. The quantitative estimate of drug-likeness (QED) is 0.842. The van der Waals surface area contributed by atoms with Crippen LogP contribution in [0.2, 0.25) is 0 Å². The third kappa shape index (κ3) is 2.20. The smallest absolute Gasteiger partial charge is 0.182 e. The van der Waals surface area contributed by atoms with Crippen molar-refractivity contribution in [2.45, 2.75) is 6.55 Å². The van der Waals surface area contributed by atoms with Gasteiger partial charge in [-0.25, -0.2) is 0 Å². The van der Waals surface area contributed by atoms with Crippen molar-refractivity contribution in [1.29, 1.82) is 0 Å². The van der Waals surface area contributed by atoms with E-state index in [9.17, 15) is 8.78 Å². The van der Waals surface area contributed by atoms with E-state index in [1.54, 1.807) is 18.2 Å². The average molecular weight is 274 g/mol. The molecular formula is C9H6BrF2N3. The van der Waals surface area contributed by atoms with Crippen LogP contribution in [0.4, 0.5) is 8.78 Å². The van der Waals surface area contributed by atoms with E-state index in [-0.39, 0.29) is 0 Å². The van der Waals surface area contributed by atoms with Crippen molar-refractivity contribution in [3.8, 4) is 11.3 Å². The van der Waals surface area contributed by atoms with Crippen molar-refractivity contribution in [2.75, 3.05) is 0 Å². The summed E-state index contributed by atoms with van der Waals surface area (Å²) in [5, 5.41) is 7.12. The SMILES string of the molecule is FC(F)n1ncc(-c2cccc(Br)c2)n1. The standard InChI is InChI=1S/C9H6BrF2N3/c10-7-3-1-2-6(4-7)8-5-13-15(14-8)9(11)12/h1-5,9H. The zero-order chi connectivity index (χ0) is 10.8. The Morgan fingerprint density at radius 1 is 1.33 bits per heavy atom. The number of hydrogen-bond donors (Lipinski definition) is 0. The van der Waals surface area contributed by atoms with Crippen LogP contribution in [0.25, 0.3) is 11.3 Å². The number of nitrogens with zero attached hydrogens (tertiary/aromatic N) is 3. The van der Waals surface area contributed by atoms with E-state index < -0.39 is 6.55 Å². The fourth-order valence-corrected chi connectivity index (χ4v) is 1.55. The summed E-state index contributed by atoms with van der Waals surface area (Å²) >= 11 is 3.29. The van der Waals surface area contributed by atoms with E-state index in [2.05, 4.69) is 26.1 Å². The largest absolute Gasteiger partial charge is 0.348 e. The summed E-state index contributed by atoms with van der Waals surface area (Å²) in [4.78, 5) is 0.385. The van der Waals surface area contributed by atoms with Gasteiger partial charge in [0.05, 0.1) is 6.20 Å². The molecule has 0 amide bonds. The van der Waals surface area contributed by atoms with E-state index >= 15 is 0 Å². The molecule has 0 unspecified atom stereocenters. The second-order valence-electron chi connectivity index (χ2n) is 2.84. The maximum absolute atomic E-state index is 12.2. The molecule has 0 atom stereocenters. The topological polar surface area (TPSA) is 30.7 Å². The molecular weight excluding hydrogens is 268 g/mol. The van der Waals surface area contributed by atoms with Gasteiger partial charge in [0.25, 0.3) is 0 Å². The van der Waals surface area contributed by atoms with Gasteiger partial charge in [0, 0.05) is 10.0 Å². The van der Waals surface area contributed by atoms with E-state index in [1.807, 2.05) is 6.07 Å². The highest BCUT2D eigenvalue weighted by Crippen LogP contribution is 2.21. The van der Waals surface area contributed by atoms with Gasteiger partial charge in [-0.1, -0.05) is 28.1 Å². The van der Waals surface area contributed by atoms with Gasteiger partial charge < -0.3 is 0 Å². The summed E-state index contributed by atoms with van der Waals surface area (Å²) in [5.41, 5.74) is 1.17. The Labute approximate surface area is 92.8 Å². The van der Waals surface area contributed by atoms with E-state index in [1.165, 1.54) is 6.20 Å². The summed E-state index contributed by atoms with van der Waals surface area (Å²) in [7, 11) is 0. The fraction of sp³-hybridized carbons (Fsp3) is 0.111. The van der Waals surface area contributed by atoms with E-state index in [4.69, 9.17) is 0 Å². The summed E-state index contributed by atoms with van der Waals surface area (Å²) in [6.07, 6.45) is 1.31. The minimum Gasteiger partial charge on any atom is -0.182 e. The van der Waals surface area contributed by atoms with Crippen LogP contribution >= 0.6 is 15.9 Å². The molecule has 6 heteroatoms. The van der Waals surface area contributed by atoms with Crippen LogP contribution < -0.4 is 0 Å². The molecule has 2 aromatic rings. The van der Waals surface area contributed by atoms with Crippen molar-refractivity contribution in [1.82, 2.24) is 15.0 Å². The van der Waals surface area contributed by atoms with E-state index in [0.717, 1.165) is 10.0 Å². The Kier molecular flexibility index (Phi) is 2.77. The minimum atomic E-state index is -2.70. The summed E-state index contributed by atoms with van der Waals surface area (Å²) in [6.45, 7) is -2.70. The average Bonchev–Trinajstić information content (AvgIpc) is 2.66. The van der Waals surface area contributed by atoms with Crippen LogP contribution in [-0.2, 0) is 0 Å². The van der Waals surface area contributed by atoms with Crippen molar-refractivity contribution in [3.63, 3.8) is 0 Å². The van der Waals surface area contributed by atoms with Gasteiger partial charge in [-0.2, -0.15) is 13.9 Å². The second-order valence-corrected chi connectivity index (χ2v) is 3.75. The molecule has 2 rings (SSSR count). The van der Waals surface area contributed by atoms with Crippen molar-refractivity contribution >= 4 is 15.9 Å². The van der Waals surface area contributed by atoms with Gasteiger partial charge in [-0.3, -0.25) is 0 Å². The summed E-state index contributed by atoms with van der Waals surface area (Å²) < 4.78 is 25.3. The molecule has 1 aromatic carbocycles. The molecule has 0 fully saturated rings. The van der Waals surface area contributed by atoms with E-state index in [0.29, 0.717) is 10.5 Å². The Bertz CT molecular complexity index is 470. The number of hydrogen-bond acceptors (Lipinski definition) is 2. The van der Waals surface area contributed by atoms with Gasteiger partial charge >= 0.3 is 6.55 Å². The van der Waals surface area contributed by atoms with Gasteiger partial charge in [0.15, 0.2) is 0 Å². The lowest BCUT2D eigenvalue weighted by Crippen LogP contribution is -2.01. The highest BCUT2D eigenvalue weighted by atomic mass is 79.9. The first-order chi connectivity index (χ1) is 7.16. The lowest BCUT2D eigenvalue weighted by molar-refractivity contribution is 0.0415. The molecule has 78 valence electrons. The van der Waals surface area contributed by atoms with Crippen LogP contribution in [0, 0.1) is 0 Å². The first-order valence-electron chi connectivity index (χ1n) is 4.13. The zero-order valence-corrected chi connectivity index (χ0v) is 9.03. The molecule has 3 nitrogen and oxygen atoms in total. The monoisotopic (exact) mass is 273 g/mol. The van der Waals surface area contributed by atoms with Crippen molar-refractivity contribution in [2.24, 2.45) is 0 Å². The molecule has 0 aliphatic rings. The zero-order valence-electron chi connectivity index (χ0n) is 7.44. The first kappa shape index (κ1) is 10.2. The number of aromatic nitrogens is 3. The normalized spacial score (nSPS) is 10.9. The maximum Gasteiger partial charge on any atom is 0.348 e. The molecule has 0 aliphatic heterocycles. The van der Waals surface area contributed by atoms with Crippen LogP contribution in [0.1, 0.15) is 6.55 Å². The molecule has 15 heavy (non-hydrogen) atoms. The molecule has 0 bridgehead atoms. The van der Waals surface area contributed by atoms with Crippen LogP contribution in [0.5, 0.6) is 0 Å². The van der Waals surface area contributed by atoms with Crippen LogP contribution in [0.3, 0.4) is 0 Å². The molecule has 1 aromatic heterocycles. The Morgan fingerprint density at radius 3 is 2.73 bits per heavy atom. The van der Waals surface area contributed by atoms with Crippen molar-refractivity contribution < 1.29 is 8.78 Å². The molecule has 1 heterocycles. The van der Waals surface area contributed by atoms with Gasteiger partial charge in [-0.15, -0.1) is 9.90 Å². The molecule has 0 saturated carbocycles. The second kappa shape index (κ2) is 4.06. The van der Waals surface area contributed by atoms with Gasteiger partial charge in [0.2, 0.25) is 0 Å². The molecule has 0 spiro atoms. The number of alkyl halides is 2. The maximum atomic E-state index is 12.2. The third-order valence-corrected chi connectivity index (χ3v) is 2.30. The molecule has 0 aliphatic carbocycles. The Hall–Kier alpha value is -1.30.